The number of amides is 1. The number of carbonyl (C=O) groups is 1. The molecule has 0 radical (unpaired) electrons. The molecule has 9 heteroatoms. The van der Waals surface area contributed by atoms with Crippen LogP contribution in [0.4, 0.5) is 11.6 Å². The van der Waals surface area contributed by atoms with Crippen LogP contribution in [0.3, 0.4) is 0 Å². The van der Waals surface area contributed by atoms with Gasteiger partial charge >= 0.3 is 0 Å². The van der Waals surface area contributed by atoms with Gasteiger partial charge in [-0.3, -0.25) is 4.79 Å². The van der Waals surface area contributed by atoms with Crippen molar-refractivity contribution in [2.45, 2.75) is 19.6 Å². The minimum atomic E-state index is -0.534. The number of nitrogens with zero attached hydrogens (tertiary/aromatic N) is 3. The Labute approximate surface area is 213 Å². The number of fused-ring (bicyclic) bond motifs is 1. The molecule has 4 aromatic rings. The van der Waals surface area contributed by atoms with Gasteiger partial charge in [-0.05, 0) is 54.4 Å². The van der Waals surface area contributed by atoms with Gasteiger partial charge in [0, 0.05) is 16.4 Å². The van der Waals surface area contributed by atoms with E-state index in [0.717, 1.165) is 11.1 Å². The number of aromatic nitrogens is 3. The van der Waals surface area contributed by atoms with Crippen molar-refractivity contribution in [2.75, 3.05) is 17.7 Å². The third-order valence-electron chi connectivity index (χ3n) is 5.88. The third kappa shape index (κ3) is 4.76. The van der Waals surface area contributed by atoms with Crippen LogP contribution in [0.5, 0.6) is 11.5 Å². The van der Waals surface area contributed by atoms with Crippen LogP contribution in [0.15, 0.2) is 90.4 Å². The van der Waals surface area contributed by atoms with E-state index in [-0.39, 0.29) is 5.91 Å². The van der Waals surface area contributed by atoms with Crippen LogP contribution in [0.2, 0.25) is 5.02 Å². The van der Waals surface area contributed by atoms with Gasteiger partial charge in [0.05, 0.1) is 12.7 Å². The molecule has 0 spiro atoms. The fraction of sp³-hybridized carbons (Fsp3) is 0.148. The largest absolute Gasteiger partial charge is 0.493 e. The van der Waals surface area contributed by atoms with E-state index in [9.17, 15) is 4.79 Å². The second-order valence-corrected chi connectivity index (χ2v) is 8.68. The van der Waals surface area contributed by atoms with Gasteiger partial charge in [0.2, 0.25) is 5.95 Å². The number of halogens is 1. The molecule has 0 bridgehead atoms. The summed E-state index contributed by atoms with van der Waals surface area (Å²) in [7, 11) is 1.59. The number of methoxy groups -OCH3 is 1. The van der Waals surface area contributed by atoms with Crippen molar-refractivity contribution in [2.24, 2.45) is 0 Å². The van der Waals surface area contributed by atoms with Crippen LogP contribution in [-0.4, -0.2) is 27.8 Å². The van der Waals surface area contributed by atoms with E-state index in [4.69, 9.17) is 21.1 Å². The number of nitrogens with one attached hydrogen (secondary N) is 2. The van der Waals surface area contributed by atoms with E-state index in [1.165, 1.54) is 6.33 Å². The van der Waals surface area contributed by atoms with Crippen molar-refractivity contribution in [3.8, 4) is 11.5 Å². The van der Waals surface area contributed by atoms with Gasteiger partial charge in [-0.25, -0.2) is 4.68 Å². The molecule has 36 heavy (non-hydrogen) atoms. The Morgan fingerprint density at radius 1 is 1.08 bits per heavy atom. The highest BCUT2D eigenvalue weighted by Gasteiger charge is 2.34. The molecule has 1 amide bonds. The lowest BCUT2D eigenvalue weighted by Gasteiger charge is -2.29. The van der Waals surface area contributed by atoms with Gasteiger partial charge in [0.1, 0.15) is 19.0 Å². The monoisotopic (exact) mass is 501 g/mol. The van der Waals surface area contributed by atoms with E-state index in [1.807, 2.05) is 55.5 Å². The van der Waals surface area contributed by atoms with Crippen LogP contribution >= 0.6 is 11.6 Å². The maximum atomic E-state index is 13.5. The average molecular weight is 502 g/mol. The van der Waals surface area contributed by atoms with Gasteiger partial charge in [0.25, 0.3) is 5.91 Å². The molecule has 8 nitrogen and oxygen atoms in total. The molecule has 0 aliphatic carbocycles. The number of benzene rings is 3. The molecule has 1 aliphatic heterocycles. The lowest BCUT2D eigenvalue weighted by Crippen LogP contribution is -2.31. The zero-order chi connectivity index (χ0) is 25.1. The van der Waals surface area contributed by atoms with Gasteiger partial charge in [-0.15, -0.1) is 0 Å². The molecule has 1 aromatic heterocycles. The smallest absolute Gasteiger partial charge is 0.255 e. The van der Waals surface area contributed by atoms with Crippen LogP contribution < -0.4 is 20.1 Å². The maximum Gasteiger partial charge on any atom is 0.255 e. The van der Waals surface area contributed by atoms with E-state index < -0.39 is 6.04 Å². The van der Waals surface area contributed by atoms with Crippen molar-refractivity contribution in [3.05, 3.63) is 107 Å². The Morgan fingerprint density at radius 2 is 1.86 bits per heavy atom. The number of anilines is 2. The Hall–Kier alpha value is -4.30. The van der Waals surface area contributed by atoms with Crippen LogP contribution in [0, 0.1) is 0 Å². The zero-order valence-corrected chi connectivity index (χ0v) is 20.5. The molecule has 1 aliphatic rings. The summed E-state index contributed by atoms with van der Waals surface area (Å²) in [6.07, 6.45) is 1.46. The molecule has 182 valence electrons. The standard InChI is InChI=1S/C27H24ClN5O3/c1-17-24(26(34)32-21-11-9-20(28)10-12-21)25(33-27(31-17)29-16-30-33)19-8-13-22(23(14-19)35-2)36-15-18-6-4-3-5-7-18/h3-14,16,25H,15H2,1-2H3,(H,32,34)(H,29,30,31)/t25-/m1/s1. The highest BCUT2D eigenvalue weighted by atomic mass is 35.5. The Bertz CT molecular complexity index is 1420. The van der Waals surface area contributed by atoms with E-state index in [1.54, 1.807) is 36.1 Å². The van der Waals surface area contributed by atoms with Gasteiger partial charge in [0.15, 0.2) is 11.5 Å². The van der Waals surface area contributed by atoms with Crippen molar-refractivity contribution in [1.29, 1.82) is 0 Å². The summed E-state index contributed by atoms with van der Waals surface area (Å²) in [6, 6.07) is 22.0. The first-order valence-corrected chi connectivity index (χ1v) is 11.7. The summed E-state index contributed by atoms with van der Waals surface area (Å²) < 4.78 is 13.4. The molecule has 0 saturated heterocycles. The number of hydrogen-bond acceptors (Lipinski definition) is 6. The van der Waals surface area contributed by atoms with Gasteiger partial charge < -0.3 is 20.1 Å². The van der Waals surface area contributed by atoms with Crippen molar-refractivity contribution in [3.63, 3.8) is 0 Å². The van der Waals surface area contributed by atoms with Crippen LogP contribution in [0.1, 0.15) is 24.1 Å². The fourth-order valence-electron chi connectivity index (χ4n) is 4.13. The molecule has 2 heterocycles. The molecule has 5 rings (SSSR count). The first-order valence-electron chi connectivity index (χ1n) is 11.3. The average Bonchev–Trinajstić information content (AvgIpc) is 3.36. The molecule has 0 saturated carbocycles. The minimum Gasteiger partial charge on any atom is -0.493 e. The summed E-state index contributed by atoms with van der Waals surface area (Å²) in [5.74, 6) is 1.44. The van der Waals surface area contributed by atoms with E-state index in [2.05, 4.69) is 20.7 Å². The van der Waals surface area contributed by atoms with E-state index in [0.29, 0.717) is 46.0 Å². The minimum absolute atomic E-state index is 0.267. The molecular formula is C27H24ClN5O3. The molecule has 1 atom stereocenters. The maximum absolute atomic E-state index is 13.5. The number of ether oxygens (including phenoxy) is 2. The molecule has 2 N–H and O–H groups in total. The quantitative estimate of drug-likeness (QED) is 0.350. The summed E-state index contributed by atoms with van der Waals surface area (Å²) in [6.45, 7) is 2.25. The SMILES string of the molecule is COc1cc([C@@H]2C(C(=O)Nc3ccc(Cl)cc3)=C(C)Nc3ncnn32)ccc1OCc1ccccc1. The predicted octanol–water partition coefficient (Wildman–Crippen LogP) is 5.45. The summed E-state index contributed by atoms with van der Waals surface area (Å²) in [4.78, 5) is 17.8. The highest BCUT2D eigenvalue weighted by molar-refractivity contribution is 6.30. The lowest BCUT2D eigenvalue weighted by molar-refractivity contribution is -0.113. The van der Waals surface area contributed by atoms with Crippen molar-refractivity contribution in [1.82, 2.24) is 14.8 Å². The number of allylic oxidation sites excluding steroid dienone is 1. The lowest BCUT2D eigenvalue weighted by atomic mass is 9.94. The number of carbonyl (C=O) groups excluding carboxylic acids is 1. The topological polar surface area (TPSA) is 90.3 Å². The third-order valence-corrected chi connectivity index (χ3v) is 6.13. The second-order valence-electron chi connectivity index (χ2n) is 8.24. The second kappa shape index (κ2) is 10.1. The number of hydrogen-bond donors (Lipinski definition) is 2. The highest BCUT2D eigenvalue weighted by Crippen LogP contribution is 2.39. The molecular weight excluding hydrogens is 478 g/mol. The summed E-state index contributed by atoms with van der Waals surface area (Å²) >= 11 is 5.99. The zero-order valence-electron chi connectivity index (χ0n) is 19.7. The molecule has 0 unspecified atom stereocenters. The van der Waals surface area contributed by atoms with Crippen molar-refractivity contribution < 1.29 is 14.3 Å². The summed E-state index contributed by atoms with van der Waals surface area (Å²) in [5, 5.41) is 11.1. The van der Waals surface area contributed by atoms with Crippen molar-refractivity contribution >= 4 is 29.1 Å². The first kappa shape index (κ1) is 23.4. The Kier molecular flexibility index (Phi) is 6.60. The molecule has 3 aromatic carbocycles. The van der Waals surface area contributed by atoms with Gasteiger partial charge in [-0.1, -0.05) is 48.0 Å². The normalized spacial score (nSPS) is 14.6. The summed E-state index contributed by atoms with van der Waals surface area (Å²) in [5.41, 5.74) is 3.66. The number of rotatable bonds is 7. The Morgan fingerprint density at radius 3 is 2.61 bits per heavy atom. The van der Waals surface area contributed by atoms with Crippen LogP contribution in [0.25, 0.3) is 0 Å². The molecule has 0 fully saturated rings. The first-order chi connectivity index (χ1) is 17.5. The van der Waals surface area contributed by atoms with Gasteiger partial charge in [-0.2, -0.15) is 10.1 Å². The van der Waals surface area contributed by atoms with Crippen LogP contribution in [-0.2, 0) is 11.4 Å². The Balaban J connectivity index is 1.48. The predicted molar refractivity (Wildman–Crippen MR) is 138 cm³/mol. The fourth-order valence-corrected chi connectivity index (χ4v) is 4.26. The van der Waals surface area contributed by atoms with E-state index >= 15 is 0 Å².